The molecule has 2 rings (SSSR count). The van der Waals surface area contributed by atoms with Gasteiger partial charge in [0.25, 0.3) is 0 Å². The third-order valence-corrected chi connectivity index (χ3v) is 4.44. The predicted molar refractivity (Wildman–Crippen MR) is 64.4 cm³/mol. The Morgan fingerprint density at radius 2 is 2.41 bits per heavy atom. The first kappa shape index (κ1) is 12.5. The summed E-state index contributed by atoms with van der Waals surface area (Å²) in [6, 6.07) is 1.55. The van der Waals surface area contributed by atoms with E-state index < -0.39 is 11.6 Å². The summed E-state index contributed by atoms with van der Waals surface area (Å²) in [7, 11) is 1.63. The molecule has 0 bridgehead atoms. The van der Waals surface area contributed by atoms with Gasteiger partial charge in [-0.05, 0) is 30.7 Å². The maximum Gasteiger partial charge on any atom is 0.336 e. The molecule has 2 atom stereocenters. The average Bonchev–Trinajstić information content (AvgIpc) is 2.78. The van der Waals surface area contributed by atoms with Crippen LogP contribution in [0.1, 0.15) is 40.9 Å². The first-order valence-electron chi connectivity index (χ1n) is 5.63. The number of rotatable bonds is 3. The van der Waals surface area contributed by atoms with Gasteiger partial charge in [-0.1, -0.05) is 0 Å². The number of carbonyl (C=O) groups is 1. The molecule has 1 aliphatic rings. The summed E-state index contributed by atoms with van der Waals surface area (Å²) in [6.07, 6.45) is 2.87. The van der Waals surface area contributed by atoms with Gasteiger partial charge in [0, 0.05) is 13.5 Å². The fraction of sp³-hybridized carbons (Fsp3) is 0.583. The maximum absolute atomic E-state index is 11.1. The molecule has 2 unspecified atom stereocenters. The second-order valence-electron chi connectivity index (χ2n) is 4.45. The molecular weight excluding hydrogens is 240 g/mol. The van der Waals surface area contributed by atoms with Crippen LogP contribution in [0.15, 0.2) is 11.4 Å². The summed E-state index contributed by atoms with van der Waals surface area (Å²) in [5.41, 5.74) is -0.824. The average molecular weight is 256 g/mol. The maximum atomic E-state index is 11.1. The van der Waals surface area contributed by atoms with Crippen molar-refractivity contribution in [2.24, 2.45) is 0 Å². The summed E-state index contributed by atoms with van der Waals surface area (Å²) in [5, 5.41) is 21.4. The molecule has 2 N–H and O–H groups in total. The predicted octanol–water partition coefficient (Wildman–Crippen LogP) is 2.22. The van der Waals surface area contributed by atoms with Gasteiger partial charge in [-0.25, -0.2) is 4.79 Å². The van der Waals surface area contributed by atoms with E-state index >= 15 is 0 Å². The number of ether oxygens (including phenoxy) is 1. The Hall–Kier alpha value is -0.910. The van der Waals surface area contributed by atoms with Crippen molar-refractivity contribution < 1.29 is 19.7 Å². The van der Waals surface area contributed by atoms with Crippen LogP contribution in [0.5, 0.6) is 0 Å². The molecule has 5 heteroatoms. The van der Waals surface area contributed by atoms with Gasteiger partial charge >= 0.3 is 5.97 Å². The lowest BCUT2D eigenvalue weighted by molar-refractivity contribution is -0.0614. The molecule has 0 aliphatic heterocycles. The summed E-state index contributed by atoms with van der Waals surface area (Å²) in [6.45, 7) is 0. The minimum absolute atomic E-state index is 0.0116. The summed E-state index contributed by atoms with van der Waals surface area (Å²) < 4.78 is 5.28. The van der Waals surface area contributed by atoms with Crippen molar-refractivity contribution in [2.75, 3.05) is 7.11 Å². The van der Waals surface area contributed by atoms with E-state index in [-0.39, 0.29) is 11.7 Å². The molecule has 17 heavy (non-hydrogen) atoms. The van der Waals surface area contributed by atoms with Crippen LogP contribution >= 0.6 is 11.3 Å². The SMILES string of the molecule is COC1CCCC(O)(c2sccc2C(=O)O)C1. The number of methoxy groups -OCH3 is 1. The normalized spacial score (nSPS) is 29.2. The van der Waals surface area contributed by atoms with E-state index in [0.29, 0.717) is 17.7 Å². The van der Waals surface area contributed by atoms with E-state index in [9.17, 15) is 9.90 Å². The van der Waals surface area contributed by atoms with Gasteiger partial charge in [0.1, 0.15) is 5.60 Å². The quantitative estimate of drug-likeness (QED) is 0.870. The summed E-state index contributed by atoms with van der Waals surface area (Å²) in [4.78, 5) is 11.6. The van der Waals surface area contributed by atoms with Crippen LogP contribution in [0.2, 0.25) is 0 Å². The molecule has 1 heterocycles. The minimum Gasteiger partial charge on any atom is -0.478 e. The van der Waals surface area contributed by atoms with Crippen LogP contribution in [0.3, 0.4) is 0 Å². The Kier molecular flexibility index (Phi) is 3.51. The van der Waals surface area contributed by atoms with E-state index in [2.05, 4.69) is 0 Å². The highest BCUT2D eigenvalue weighted by Crippen LogP contribution is 2.41. The first-order valence-corrected chi connectivity index (χ1v) is 6.51. The van der Waals surface area contributed by atoms with Gasteiger partial charge in [-0.3, -0.25) is 0 Å². The molecule has 1 saturated carbocycles. The Labute approximate surface area is 104 Å². The molecule has 4 nitrogen and oxygen atoms in total. The molecule has 1 aromatic heterocycles. The van der Waals surface area contributed by atoms with Crippen LogP contribution < -0.4 is 0 Å². The number of thiophene rings is 1. The van der Waals surface area contributed by atoms with E-state index in [1.807, 2.05) is 0 Å². The largest absolute Gasteiger partial charge is 0.478 e. The molecule has 1 aliphatic carbocycles. The summed E-state index contributed by atoms with van der Waals surface area (Å²) >= 11 is 1.31. The lowest BCUT2D eigenvalue weighted by Crippen LogP contribution is -2.36. The zero-order valence-electron chi connectivity index (χ0n) is 9.68. The fourth-order valence-corrected chi connectivity index (χ4v) is 3.48. The number of hydrogen-bond donors (Lipinski definition) is 2. The Bertz CT molecular complexity index is 414. The zero-order valence-corrected chi connectivity index (χ0v) is 10.5. The van der Waals surface area contributed by atoms with Crippen molar-refractivity contribution in [1.82, 2.24) is 0 Å². The highest BCUT2D eigenvalue weighted by molar-refractivity contribution is 7.10. The van der Waals surface area contributed by atoms with Gasteiger partial charge in [0.2, 0.25) is 0 Å². The van der Waals surface area contributed by atoms with Crippen molar-refractivity contribution in [1.29, 1.82) is 0 Å². The molecule has 1 fully saturated rings. The topological polar surface area (TPSA) is 66.8 Å². The standard InChI is InChI=1S/C12H16O4S/c1-16-8-3-2-5-12(15,7-8)10-9(11(13)14)4-6-17-10/h4,6,8,15H,2-3,5,7H2,1H3,(H,13,14). The van der Waals surface area contributed by atoms with Crippen LogP contribution in [0, 0.1) is 0 Å². The molecule has 0 spiro atoms. The van der Waals surface area contributed by atoms with Crippen molar-refractivity contribution in [3.05, 3.63) is 21.9 Å². The van der Waals surface area contributed by atoms with Gasteiger partial charge in [0.15, 0.2) is 0 Å². The van der Waals surface area contributed by atoms with E-state index in [1.165, 1.54) is 11.3 Å². The molecule has 0 aromatic carbocycles. The molecule has 0 saturated heterocycles. The number of aromatic carboxylic acids is 1. The molecule has 94 valence electrons. The highest BCUT2D eigenvalue weighted by atomic mass is 32.1. The van der Waals surface area contributed by atoms with Crippen molar-refractivity contribution in [3.63, 3.8) is 0 Å². The van der Waals surface area contributed by atoms with E-state index in [0.717, 1.165) is 12.8 Å². The van der Waals surface area contributed by atoms with Crippen molar-refractivity contribution in [3.8, 4) is 0 Å². The highest BCUT2D eigenvalue weighted by Gasteiger charge is 2.39. The fourth-order valence-electron chi connectivity index (χ4n) is 2.45. The lowest BCUT2D eigenvalue weighted by atomic mass is 9.81. The number of aliphatic hydroxyl groups is 1. The van der Waals surface area contributed by atoms with Crippen LogP contribution in [-0.2, 0) is 10.3 Å². The lowest BCUT2D eigenvalue weighted by Gasteiger charge is -2.35. The van der Waals surface area contributed by atoms with E-state index in [1.54, 1.807) is 18.6 Å². The monoisotopic (exact) mass is 256 g/mol. The van der Waals surface area contributed by atoms with Crippen LogP contribution in [0.4, 0.5) is 0 Å². The third kappa shape index (κ3) is 2.36. The number of carboxylic acids is 1. The van der Waals surface area contributed by atoms with Crippen molar-refractivity contribution >= 4 is 17.3 Å². The molecular formula is C12H16O4S. The molecule has 0 radical (unpaired) electrons. The Balaban J connectivity index is 2.30. The van der Waals surface area contributed by atoms with Crippen molar-refractivity contribution in [2.45, 2.75) is 37.4 Å². The van der Waals surface area contributed by atoms with Gasteiger partial charge in [-0.15, -0.1) is 11.3 Å². The summed E-state index contributed by atoms with van der Waals surface area (Å²) in [5.74, 6) is -0.978. The van der Waals surface area contributed by atoms with Crippen LogP contribution in [0.25, 0.3) is 0 Å². The second-order valence-corrected chi connectivity index (χ2v) is 5.37. The second kappa shape index (κ2) is 4.76. The Morgan fingerprint density at radius 1 is 1.65 bits per heavy atom. The number of hydrogen-bond acceptors (Lipinski definition) is 4. The first-order chi connectivity index (χ1) is 8.07. The smallest absolute Gasteiger partial charge is 0.336 e. The Morgan fingerprint density at radius 3 is 3.06 bits per heavy atom. The van der Waals surface area contributed by atoms with Gasteiger partial charge in [-0.2, -0.15) is 0 Å². The number of carboxylic acid groups (broad SMARTS) is 1. The minimum atomic E-state index is -1.04. The zero-order chi connectivity index (χ0) is 12.5. The third-order valence-electron chi connectivity index (χ3n) is 3.33. The van der Waals surface area contributed by atoms with E-state index in [4.69, 9.17) is 9.84 Å². The van der Waals surface area contributed by atoms with Crippen LogP contribution in [-0.4, -0.2) is 29.4 Å². The van der Waals surface area contributed by atoms with Gasteiger partial charge in [0.05, 0.1) is 16.5 Å². The molecule has 0 amide bonds. The van der Waals surface area contributed by atoms with Gasteiger partial charge < -0.3 is 14.9 Å². The molecule has 1 aromatic rings.